The average Bonchev–Trinajstić information content (AvgIpc) is 3.06. The fourth-order valence-electron chi connectivity index (χ4n) is 2.46. The molecule has 0 saturated carbocycles. The van der Waals surface area contributed by atoms with Gasteiger partial charge in [0.25, 0.3) is 0 Å². The number of nitrogens with zero attached hydrogens (tertiary/aromatic N) is 4. The summed E-state index contributed by atoms with van der Waals surface area (Å²) in [4.78, 5) is 9.06. The highest BCUT2D eigenvalue weighted by Gasteiger charge is 2.16. The first-order chi connectivity index (χ1) is 13.9. The fraction of sp³-hybridized carbons (Fsp3) is 0.368. The maximum Gasteiger partial charge on any atom is 0.167 e. The highest BCUT2D eigenvalue weighted by molar-refractivity contribution is 14.2. The number of imidazole rings is 1. The molecule has 0 radical (unpaired) electrons. The van der Waals surface area contributed by atoms with Gasteiger partial charge in [-0.3, -0.25) is 8.64 Å². The Bertz CT molecular complexity index is 969. The molecular weight excluding hydrogens is 540 g/mol. The molecule has 0 aliphatic heterocycles. The van der Waals surface area contributed by atoms with Crippen LogP contribution in [0.1, 0.15) is 33.5 Å². The Kier molecular flexibility index (Phi) is 11.4. The molecule has 1 N–H and O–H groups in total. The molecule has 2 aromatic heterocycles. The lowest BCUT2D eigenvalue weighted by Crippen LogP contribution is -2.19. The Morgan fingerprint density at radius 3 is 2.38 bits per heavy atom. The van der Waals surface area contributed by atoms with Gasteiger partial charge in [-0.1, -0.05) is 51.4 Å². The van der Waals surface area contributed by atoms with Crippen molar-refractivity contribution in [3.05, 3.63) is 41.3 Å². The molecule has 1 aromatic carbocycles. The molecule has 29 heavy (non-hydrogen) atoms. The molecule has 2 atom stereocenters. The van der Waals surface area contributed by atoms with Crippen molar-refractivity contribution in [2.45, 2.75) is 34.6 Å². The maximum atomic E-state index is 11.9. The van der Waals surface area contributed by atoms with E-state index in [0.29, 0.717) is 11.5 Å². The van der Waals surface area contributed by atoms with Crippen molar-refractivity contribution in [1.29, 1.82) is 0 Å². The quantitative estimate of drug-likeness (QED) is 0.211. The van der Waals surface area contributed by atoms with E-state index in [-0.39, 0.29) is 0 Å². The predicted molar refractivity (Wildman–Crippen MR) is 140 cm³/mol. The fourth-order valence-corrected chi connectivity index (χ4v) is 5.23. The summed E-state index contributed by atoms with van der Waals surface area (Å²) in [6.45, 7) is 9.95. The number of halogens is 2. The number of nitrogens with one attached hydrogen (secondary N) is 1. The molecule has 0 saturated heterocycles. The number of benzene rings is 1. The van der Waals surface area contributed by atoms with Gasteiger partial charge in [0, 0.05) is 19.4 Å². The summed E-state index contributed by atoms with van der Waals surface area (Å²) in [6, 6.07) is 9.45. The van der Waals surface area contributed by atoms with Crippen LogP contribution in [0.3, 0.4) is 0 Å². The van der Waals surface area contributed by atoms with Gasteiger partial charge in [0.15, 0.2) is 5.65 Å². The van der Waals surface area contributed by atoms with Gasteiger partial charge in [-0.05, 0) is 41.1 Å². The predicted octanol–water partition coefficient (Wildman–Crippen LogP) is 6.71. The SMILES string of the molecule is CC.CC.Cc1nc2c(Nc3ccccc3N(C)S(C)=O)cc(Cl)nc2n1PI. The topological polar surface area (TPSA) is 63.1 Å². The van der Waals surface area contributed by atoms with Crippen LogP contribution in [-0.2, 0) is 11.0 Å². The molecule has 3 aromatic rings. The van der Waals surface area contributed by atoms with E-state index >= 15 is 0 Å². The molecule has 2 heterocycles. The normalized spacial score (nSPS) is 11.5. The number of hydrogen-bond acceptors (Lipinski definition) is 4. The molecular formula is C19H28ClIN5OPS. The Labute approximate surface area is 195 Å². The van der Waals surface area contributed by atoms with Gasteiger partial charge in [-0.25, -0.2) is 14.2 Å². The van der Waals surface area contributed by atoms with Crippen molar-refractivity contribution in [2.24, 2.45) is 0 Å². The molecule has 0 amide bonds. The van der Waals surface area contributed by atoms with Gasteiger partial charge in [0.1, 0.15) is 27.5 Å². The van der Waals surface area contributed by atoms with Gasteiger partial charge in [-0.2, -0.15) is 0 Å². The number of anilines is 3. The van der Waals surface area contributed by atoms with Crippen LogP contribution in [0.2, 0.25) is 5.15 Å². The lowest BCUT2D eigenvalue weighted by Gasteiger charge is -2.20. The van der Waals surface area contributed by atoms with E-state index in [1.807, 2.05) is 63.2 Å². The number of aromatic nitrogens is 3. The van der Waals surface area contributed by atoms with Gasteiger partial charge >= 0.3 is 0 Å². The summed E-state index contributed by atoms with van der Waals surface area (Å²) in [5, 5.41) is 3.78. The lowest BCUT2D eigenvalue weighted by atomic mass is 10.2. The highest BCUT2D eigenvalue weighted by Crippen LogP contribution is 2.36. The van der Waals surface area contributed by atoms with Crippen LogP contribution in [-0.4, -0.2) is 31.8 Å². The largest absolute Gasteiger partial charge is 0.352 e. The zero-order valence-electron chi connectivity index (χ0n) is 17.7. The third-order valence-electron chi connectivity index (χ3n) is 3.73. The van der Waals surface area contributed by atoms with Crippen molar-refractivity contribution in [3.8, 4) is 0 Å². The zero-order chi connectivity index (χ0) is 22.1. The number of rotatable bonds is 5. The summed E-state index contributed by atoms with van der Waals surface area (Å²) in [5.74, 6) is 0.889. The molecule has 10 heteroatoms. The minimum absolute atomic E-state index is 0.399. The average molecular weight is 568 g/mol. The van der Waals surface area contributed by atoms with Crippen molar-refractivity contribution in [1.82, 2.24) is 14.3 Å². The zero-order valence-corrected chi connectivity index (χ0v) is 22.5. The van der Waals surface area contributed by atoms with Gasteiger partial charge < -0.3 is 5.32 Å². The minimum Gasteiger partial charge on any atom is -0.352 e. The van der Waals surface area contributed by atoms with Crippen LogP contribution >= 0.6 is 40.0 Å². The summed E-state index contributed by atoms with van der Waals surface area (Å²) in [7, 11) is 0.667. The van der Waals surface area contributed by atoms with E-state index in [2.05, 4.69) is 37.3 Å². The van der Waals surface area contributed by atoms with E-state index in [1.54, 1.807) is 23.7 Å². The second-order valence-corrected chi connectivity index (χ2v) is 9.15. The Morgan fingerprint density at radius 1 is 1.17 bits per heavy atom. The second kappa shape index (κ2) is 12.7. The molecule has 0 aliphatic carbocycles. The first-order valence-electron chi connectivity index (χ1n) is 9.28. The number of fused-ring (bicyclic) bond motifs is 1. The number of hydrogen-bond donors (Lipinski definition) is 1. The Hall–Kier alpha value is -0.960. The molecule has 0 bridgehead atoms. The number of aryl methyl sites for hydroxylation is 1. The first kappa shape index (κ1) is 26.1. The van der Waals surface area contributed by atoms with Crippen molar-refractivity contribution >= 4 is 79.2 Å². The van der Waals surface area contributed by atoms with Crippen LogP contribution < -0.4 is 9.62 Å². The lowest BCUT2D eigenvalue weighted by molar-refractivity contribution is 0.685. The molecule has 0 fully saturated rings. The third kappa shape index (κ3) is 6.26. The van der Waals surface area contributed by atoms with E-state index in [0.717, 1.165) is 34.1 Å². The van der Waals surface area contributed by atoms with E-state index in [1.165, 1.54) is 0 Å². The van der Waals surface area contributed by atoms with E-state index in [4.69, 9.17) is 11.6 Å². The number of pyridine rings is 1. The molecule has 160 valence electrons. The van der Waals surface area contributed by atoms with Crippen molar-refractivity contribution in [3.63, 3.8) is 0 Å². The molecule has 2 unspecified atom stereocenters. The monoisotopic (exact) mass is 567 g/mol. The Morgan fingerprint density at radius 2 is 1.79 bits per heavy atom. The van der Waals surface area contributed by atoms with Gasteiger partial charge in [-0.15, -0.1) is 0 Å². The number of para-hydroxylation sites is 2. The van der Waals surface area contributed by atoms with Crippen LogP contribution in [0.4, 0.5) is 17.1 Å². The summed E-state index contributed by atoms with van der Waals surface area (Å²) in [6.07, 6.45) is 2.13. The molecule has 0 spiro atoms. The minimum atomic E-state index is -1.13. The first-order valence-corrected chi connectivity index (χ1v) is 15.2. The van der Waals surface area contributed by atoms with Crippen LogP contribution in [0, 0.1) is 6.92 Å². The molecule has 6 nitrogen and oxygen atoms in total. The van der Waals surface area contributed by atoms with Gasteiger partial charge in [0.05, 0.1) is 23.4 Å². The summed E-state index contributed by atoms with van der Waals surface area (Å²) < 4.78 is 15.6. The summed E-state index contributed by atoms with van der Waals surface area (Å²) in [5.41, 5.74) is 3.95. The smallest absolute Gasteiger partial charge is 0.167 e. The van der Waals surface area contributed by atoms with E-state index in [9.17, 15) is 4.21 Å². The van der Waals surface area contributed by atoms with Gasteiger partial charge in [0.2, 0.25) is 0 Å². The standard InChI is InChI=1S/C15H16ClIN5OPS.2C2H6/c1-9-18-14-11(8-13(16)20-15(14)22(9)24-17)19-10-6-4-5-7-12(10)21(2)25(3)23;2*1-2/h4-8,24H,1-3H3,(H,19,20);2*1-2H3. The van der Waals surface area contributed by atoms with Crippen molar-refractivity contribution < 1.29 is 4.21 Å². The molecule has 0 aliphatic rings. The molecule has 3 rings (SSSR count). The van der Waals surface area contributed by atoms with Crippen LogP contribution in [0.5, 0.6) is 0 Å². The van der Waals surface area contributed by atoms with Crippen LogP contribution in [0.25, 0.3) is 11.2 Å². The van der Waals surface area contributed by atoms with Crippen LogP contribution in [0.15, 0.2) is 30.3 Å². The Balaban J connectivity index is 0.000000989. The highest BCUT2D eigenvalue weighted by atomic mass is 127. The van der Waals surface area contributed by atoms with Crippen molar-refractivity contribution in [2.75, 3.05) is 22.9 Å². The summed E-state index contributed by atoms with van der Waals surface area (Å²) >= 11 is 8.53. The second-order valence-electron chi connectivity index (χ2n) is 5.31. The third-order valence-corrected chi connectivity index (χ3v) is 7.05. The maximum absolute atomic E-state index is 11.9. The van der Waals surface area contributed by atoms with E-state index < -0.39 is 11.0 Å².